The molecule has 0 aromatic heterocycles. The van der Waals surface area contributed by atoms with E-state index < -0.39 is 5.09 Å². The molecule has 0 saturated heterocycles. The topological polar surface area (TPSA) is 94.9 Å². The van der Waals surface area contributed by atoms with Gasteiger partial charge in [-0.15, -0.1) is 10.1 Å². The Morgan fingerprint density at radius 3 is 1.67 bits per heavy atom. The third-order valence-corrected chi connectivity index (χ3v) is 0. The Bertz CT molecular complexity index is 30.5. The summed E-state index contributed by atoms with van der Waals surface area (Å²) < 4.78 is 0. The Hall–Kier alpha value is 0.0951. The molecular weight excluding hydrogens is 279 g/mol. The quantitative estimate of drug-likeness (QED) is 0.344. The van der Waals surface area contributed by atoms with Crippen molar-refractivity contribution < 1.29 is 43.4 Å². The molecule has 3 N–H and O–H groups in total. The molecular formula is H3HgNO4+. The van der Waals surface area contributed by atoms with E-state index in [4.69, 9.17) is 15.3 Å². The van der Waals surface area contributed by atoms with Gasteiger partial charge in [-0.05, 0) is 0 Å². The summed E-state index contributed by atoms with van der Waals surface area (Å²) in [7, 11) is 0. The van der Waals surface area contributed by atoms with Crippen LogP contribution in [0.5, 0.6) is 0 Å². The third kappa shape index (κ3) is 4340. The molecule has 6 heteroatoms. The second kappa shape index (κ2) is 8.92. The monoisotopic (exact) mass is 283 g/mol. The molecule has 6 heavy (non-hydrogen) atoms. The molecule has 0 fully saturated rings. The van der Waals surface area contributed by atoms with Gasteiger partial charge in [0, 0.05) is 0 Å². The predicted octanol–water partition coefficient (Wildman–Crippen LogP) is -1.17. The van der Waals surface area contributed by atoms with Gasteiger partial charge >= 0.3 is 27.7 Å². The summed E-state index contributed by atoms with van der Waals surface area (Å²) in [4.78, 5) is 8.36. The fraction of sp³-hybridized carbons (Fsp3) is 0. The average molecular weight is 282 g/mol. The minimum atomic E-state index is -1.50. The van der Waals surface area contributed by atoms with Crippen LogP contribution in [0.25, 0.3) is 0 Å². The Kier molecular flexibility index (Phi) is 24.6. The van der Waals surface area contributed by atoms with Crippen LogP contribution in [0.3, 0.4) is 0 Å². The van der Waals surface area contributed by atoms with Crippen LogP contribution < -0.4 is 0 Å². The maximum Gasteiger partial charge on any atom is 1.00 e. The van der Waals surface area contributed by atoms with Gasteiger partial charge in [0.25, 0.3) is 5.09 Å². The standard InChI is InChI=1S/Hg.HNO3.H2O/c;2-1(3)4;/h;(H,2,3,4);1H2/q+1;;. The molecule has 1 radical (unpaired) electrons. The minimum absolute atomic E-state index is 0. The Morgan fingerprint density at radius 1 is 1.67 bits per heavy atom. The van der Waals surface area contributed by atoms with Crippen molar-refractivity contribution in [2.45, 2.75) is 0 Å². The van der Waals surface area contributed by atoms with Crippen molar-refractivity contribution in [3.63, 3.8) is 0 Å². The second-order valence-corrected chi connectivity index (χ2v) is 0.238. The van der Waals surface area contributed by atoms with Gasteiger partial charge < -0.3 is 10.7 Å². The van der Waals surface area contributed by atoms with Gasteiger partial charge in [-0.1, -0.05) is 0 Å². The molecule has 0 aromatic rings. The normalized spacial score (nSPS) is 4.00. The first-order chi connectivity index (χ1) is 1.73. The van der Waals surface area contributed by atoms with Crippen LogP contribution in [0, 0.1) is 10.1 Å². The van der Waals surface area contributed by atoms with Gasteiger partial charge in [-0.3, -0.25) is 0 Å². The zero-order valence-electron chi connectivity index (χ0n) is 2.92. The first-order valence-corrected chi connectivity index (χ1v) is 0.565. The molecule has 0 atom stereocenters. The minimum Gasteiger partial charge on any atom is -0.412 e. The van der Waals surface area contributed by atoms with Crippen LogP contribution in [0.4, 0.5) is 0 Å². The molecule has 0 aliphatic heterocycles. The molecule has 0 amide bonds. The van der Waals surface area contributed by atoms with E-state index in [1.165, 1.54) is 0 Å². The van der Waals surface area contributed by atoms with Crippen molar-refractivity contribution in [3.8, 4) is 0 Å². The van der Waals surface area contributed by atoms with Gasteiger partial charge in [-0.2, -0.15) is 0 Å². The summed E-state index contributed by atoms with van der Waals surface area (Å²) in [5, 5.41) is 13.6. The van der Waals surface area contributed by atoms with E-state index in [2.05, 4.69) is 0 Å². The second-order valence-electron chi connectivity index (χ2n) is 0.238. The first-order valence-electron chi connectivity index (χ1n) is 0.565. The van der Waals surface area contributed by atoms with Gasteiger partial charge in [0.2, 0.25) is 0 Å². The van der Waals surface area contributed by atoms with E-state index in [-0.39, 0.29) is 33.1 Å². The van der Waals surface area contributed by atoms with Crippen molar-refractivity contribution in [3.05, 3.63) is 10.1 Å². The Balaban J connectivity index is -0.0000000450. The smallest absolute Gasteiger partial charge is 0.412 e. The number of rotatable bonds is 0. The van der Waals surface area contributed by atoms with E-state index >= 15 is 0 Å². The molecule has 0 rings (SSSR count). The maximum absolute atomic E-state index is 8.36. The number of nitrogens with zero attached hydrogens (tertiary/aromatic N) is 1. The van der Waals surface area contributed by atoms with Crippen LogP contribution >= 0.6 is 0 Å². The van der Waals surface area contributed by atoms with E-state index in [1.807, 2.05) is 0 Å². The zero-order chi connectivity index (χ0) is 3.58. The van der Waals surface area contributed by atoms with Crippen LogP contribution in [-0.4, -0.2) is 15.8 Å². The fourth-order valence-corrected chi connectivity index (χ4v) is 0. The molecule has 0 bridgehead atoms. The van der Waals surface area contributed by atoms with Crippen molar-refractivity contribution >= 4 is 0 Å². The van der Waals surface area contributed by atoms with Crippen molar-refractivity contribution in [1.82, 2.24) is 0 Å². The molecule has 0 aromatic carbocycles. The van der Waals surface area contributed by atoms with Crippen LogP contribution in [0.1, 0.15) is 0 Å². The van der Waals surface area contributed by atoms with E-state index in [0.29, 0.717) is 0 Å². The van der Waals surface area contributed by atoms with Gasteiger partial charge in [-0.25, -0.2) is 0 Å². The SMILES string of the molecule is O.O=[N+]([O-])O.[Hg+]. The summed E-state index contributed by atoms with van der Waals surface area (Å²) in [5.41, 5.74) is 0. The number of hydrogen-bond acceptors (Lipinski definition) is 2. The van der Waals surface area contributed by atoms with Crippen molar-refractivity contribution in [2.24, 2.45) is 0 Å². The third-order valence-electron chi connectivity index (χ3n) is 0. The number of hydrogen-bond donors (Lipinski definition) is 1. The van der Waals surface area contributed by atoms with Crippen LogP contribution in [0.15, 0.2) is 0 Å². The molecule has 0 aliphatic carbocycles. The summed E-state index contributed by atoms with van der Waals surface area (Å²) in [6, 6.07) is 0. The summed E-state index contributed by atoms with van der Waals surface area (Å²) >= 11 is 0. The van der Waals surface area contributed by atoms with E-state index in [1.54, 1.807) is 0 Å². The summed E-state index contributed by atoms with van der Waals surface area (Å²) in [6.07, 6.45) is 0. The Labute approximate surface area is 53.9 Å². The van der Waals surface area contributed by atoms with Gasteiger partial charge in [0.1, 0.15) is 0 Å². The average Bonchev–Trinajstić information content (AvgIpc) is 0.811. The van der Waals surface area contributed by atoms with E-state index in [0.717, 1.165) is 0 Å². The zero-order valence-corrected chi connectivity index (χ0v) is 8.42. The Morgan fingerprint density at radius 2 is 1.67 bits per heavy atom. The van der Waals surface area contributed by atoms with Gasteiger partial charge in [0.05, 0.1) is 0 Å². The van der Waals surface area contributed by atoms with Gasteiger partial charge in [0.15, 0.2) is 0 Å². The molecule has 0 aliphatic rings. The molecule has 33 valence electrons. The fourth-order valence-electron chi connectivity index (χ4n) is 0. The summed E-state index contributed by atoms with van der Waals surface area (Å²) in [5.74, 6) is 0. The molecule has 0 spiro atoms. The van der Waals surface area contributed by atoms with Crippen LogP contribution in [0.2, 0.25) is 0 Å². The van der Waals surface area contributed by atoms with Crippen molar-refractivity contribution in [2.75, 3.05) is 0 Å². The summed E-state index contributed by atoms with van der Waals surface area (Å²) in [6.45, 7) is 0. The molecule has 0 heterocycles. The van der Waals surface area contributed by atoms with Crippen LogP contribution in [-0.2, 0) is 27.7 Å². The molecule has 5 nitrogen and oxygen atoms in total. The largest absolute Gasteiger partial charge is 1.00 e. The molecule has 0 unspecified atom stereocenters. The predicted molar refractivity (Wildman–Crippen MR) is 12.4 cm³/mol. The van der Waals surface area contributed by atoms with Crippen molar-refractivity contribution in [1.29, 1.82) is 0 Å². The van der Waals surface area contributed by atoms with E-state index in [9.17, 15) is 0 Å². The maximum atomic E-state index is 8.36. The molecule has 0 saturated carbocycles. The first kappa shape index (κ1) is 16.5.